The number of hydrogen-bond donors (Lipinski definition) is 3. The van der Waals surface area contributed by atoms with Gasteiger partial charge in [-0.2, -0.15) is 0 Å². The summed E-state index contributed by atoms with van der Waals surface area (Å²) in [5.41, 5.74) is 4.55. The molecule has 4 aliphatic rings. The van der Waals surface area contributed by atoms with Crippen molar-refractivity contribution < 1.29 is 45.2 Å². The summed E-state index contributed by atoms with van der Waals surface area (Å²) in [7, 11) is 0. The first-order valence-corrected chi connectivity index (χ1v) is 21.5. The highest BCUT2D eigenvalue weighted by molar-refractivity contribution is 6.05. The number of rotatable bonds is 9. The van der Waals surface area contributed by atoms with Crippen LogP contribution < -0.4 is 20.8 Å². The number of para-hydroxylation sites is 1. The van der Waals surface area contributed by atoms with Crippen molar-refractivity contribution in [1.29, 1.82) is 0 Å². The molecule has 8 rings (SSSR count). The number of hydrogen-bond acceptors (Lipinski definition) is 13. The van der Waals surface area contributed by atoms with Gasteiger partial charge in [0.2, 0.25) is 10.4 Å². The Morgan fingerprint density at radius 1 is 0.842 bits per heavy atom. The van der Waals surface area contributed by atoms with E-state index in [9.17, 15) is 10.0 Å². The molecule has 1 saturated carbocycles. The molecular formula is C52H52N18O6. The fourth-order valence-corrected chi connectivity index (χ4v) is 6.52. The highest BCUT2D eigenvalue weighted by atomic mass is 17.2. The van der Waals surface area contributed by atoms with Crippen LogP contribution >= 0.6 is 0 Å². The third-order valence-electron chi connectivity index (χ3n) is 9.62. The number of nitrogens with one attached hydrogen (secondary N) is 1. The van der Waals surface area contributed by atoms with Crippen LogP contribution in [0.3, 0.4) is 0 Å². The number of aromatic nitrogens is 7. The van der Waals surface area contributed by atoms with Gasteiger partial charge in [0.25, 0.3) is 5.91 Å². The summed E-state index contributed by atoms with van der Waals surface area (Å²) in [6.45, 7) is 2.45. The number of nitrogens with two attached hydrogens (primary N) is 1. The molecule has 4 aromatic rings. The number of carbonyl (C=O) groups excluding carboxylic acids is 1. The van der Waals surface area contributed by atoms with Crippen molar-refractivity contribution in [2.24, 2.45) is 42.4 Å². The van der Waals surface area contributed by atoms with Crippen molar-refractivity contribution in [3.8, 4) is 178 Å². The first kappa shape index (κ1) is 53.1. The van der Waals surface area contributed by atoms with Gasteiger partial charge in [-0.3, -0.25) is 10.1 Å². The van der Waals surface area contributed by atoms with E-state index in [1.807, 2.05) is 35.2 Å². The lowest BCUT2D eigenvalue weighted by atomic mass is 10.1. The zero-order valence-corrected chi connectivity index (χ0v) is 39.1. The zero-order valence-electron chi connectivity index (χ0n) is 39.1. The average Bonchev–Trinajstić information content (AvgIpc) is 3.78. The number of pyridine rings is 1. The number of amides is 1. The lowest BCUT2D eigenvalue weighted by Crippen LogP contribution is -2.37. The second-order valence-corrected chi connectivity index (χ2v) is 14.3. The molecule has 0 unspecified atom stereocenters. The molecule has 1 aliphatic carbocycles. The van der Waals surface area contributed by atoms with E-state index in [2.05, 4.69) is 231 Å². The Kier molecular flexibility index (Phi) is 20.7. The highest BCUT2D eigenvalue weighted by Crippen LogP contribution is 2.41. The number of morpholine rings is 1. The molecule has 2 bridgehead atoms. The smallest absolute Gasteiger partial charge is 0.274 e. The number of nitrogens with zero attached hydrogens (tertiary/aromatic N) is 16. The molecule has 0 radical (unpaired) electrons. The van der Waals surface area contributed by atoms with Gasteiger partial charge in [-0.05, 0) is 148 Å². The highest BCUT2D eigenvalue weighted by Gasteiger charge is 2.40. The number of benzene rings is 1. The van der Waals surface area contributed by atoms with Crippen LogP contribution in [-0.4, -0.2) is 82.8 Å². The molecular weight excluding hydrogens is 973 g/mol. The van der Waals surface area contributed by atoms with E-state index in [-0.39, 0.29) is 27.7 Å². The van der Waals surface area contributed by atoms with E-state index in [0.29, 0.717) is 54.7 Å². The van der Waals surface area contributed by atoms with Crippen molar-refractivity contribution >= 4 is 17.3 Å². The third-order valence-corrected chi connectivity index (χ3v) is 9.62. The number of terminal acetylenes is 2. The van der Waals surface area contributed by atoms with Crippen LogP contribution in [0.25, 0.3) is 17.1 Å². The van der Waals surface area contributed by atoms with E-state index in [4.69, 9.17) is 27.6 Å². The largest absolute Gasteiger partial charge is 0.489 e. The van der Waals surface area contributed by atoms with Gasteiger partial charge in [0.05, 0.1) is 71.2 Å². The summed E-state index contributed by atoms with van der Waals surface area (Å²) in [5.74, 6) is 64.1. The van der Waals surface area contributed by atoms with Crippen LogP contribution in [0.2, 0.25) is 0 Å². The Morgan fingerprint density at radius 2 is 1.45 bits per heavy atom. The fraction of sp³-hybridized carbons (Fsp3) is 0.192. The number of imidazole rings is 1. The summed E-state index contributed by atoms with van der Waals surface area (Å²) < 4.78 is 15.5. The standard InChI is InChI=1S/C26H25N9O3.C26H2.H3N9O3.11H2/c36-26(29-19-3-1-2-18-24(19)37-7-6-35-25(18)30-31-32-35)20-9-22(33-12-21(28-14-33)15-4-5-15)23(10-27-20)34-11-17-8-16(34)13-38-17;1-3-5-7-9-11-13-15-17-19-21-23-25-26-24-22-20-18-16-14-12-10-8-6-4-2;1-2-3-4-5-6-7-8-9(10)12-11;;;;;;;;;;;/h1-3,9-10,12,14-17H,4-8,11,13H2,(H,29,36);1-2H;11H,(H2,1,3,5,7);11*1H/t16-,17-;;;;;;;;;;;;;/m1............./s1. The first-order chi connectivity index (χ1) is 37.4. The minimum absolute atomic E-state index is 0. The molecule has 24 nitrogen and oxygen atoms in total. The topological polar surface area (TPSA) is 293 Å². The van der Waals surface area contributed by atoms with Gasteiger partial charge in [0, 0.05) is 92.2 Å². The van der Waals surface area contributed by atoms with Gasteiger partial charge in [-0.15, -0.1) is 17.9 Å². The summed E-state index contributed by atoms with van der Waals surface area (Å²) >= 11 is 0. The van der Waals surface area contributed by atoms with Crippen molar-refractivity contribution in [2.75, 3.05) is 30.0 Å². The quantitative estimate of drug-likeness (QED) is 0.0593. The maximum Gasteiger partial charge on any atom is 0.274 e. The molecule has 3 fully saturated rings. The fourth-order valence-electron chi connectivity index (χ4n) is 6.52. The van der Waals surface area contributed by atoms with Crippen LogP contribution in [-0.2, 0) is 16.3 Å². The molecule has 24 heteroatoms. The van der Waals surface area contributed by atoms with E-state index < -0.39 is 5.02 Å². The number of carbonyl (C=O) groups is 1. The maximum absolute atomic E-state index is 13.5. The van der Waals surface area contributed by atoms with E-state index in [0.717, 1.165) is 35.6 Å². The molecule has 3 aromatic heterocycles. The first-order valence-electron chi connectivity index (χ1n) is 21.5. The van der Waals surface area contributed by atoms with Gasteiger partial charge >= 0.3 is 0 Å². The van der Waals surface area contributed by atoms with Gasteiger partial charge in [0.15, 0.2) is 11.6 Å². The summed E-state index contributed by atoms with van der Waals surface area (Å²) in [4.78, 5) is 28.1. The molecule has 3 aliphatic heterocycles. The second kappa shape index (κ2) is 29.7. The molecule has 4 N–H and O–H groups in total. The van der Waals surface area contributed by atoms with E-state index in [1.165, 1.54) is 12.8 Å². The Balaban J connectivity index is -0.000000299. The molecule has 0 spiro atoms. The third kappa shape index (κ3) is 16.7. The monoisotopic (exact) mass is 1020 g/mol. The van der Waals surface area contributed by atoms with Crippen LogP contribution in [0, 0.1) is 160 Å². The second-order valence-electron chi connectivity index (χ2n) is 14.3. The van der Waals surface area contributed by atoms with Crippen molar-refractivity contribution in [1.82, 2.24) is 34.7 Å². The summed E-state index contributed by atoms with van der Waals surface area (Å²) in [6, 6.07) is 7.70. The Hall–Kier alpha value is -12.3. The lowest BCUT2D eigenvalue weighted by Gasteiger charge is -2.30. The summed E-state index contributed by atoms with van der Waals surface area (Å²) in [5, 5.41) is 50.9. The van der Waals surface area contributed by atoms with Crippen LogP contribution in [0.5, 0.6) is 5.75 Å². The number of ether oxygens (including phenoxy) is 2. The lowest BCUT2D eigenvalue weighted by molar-refractivity contribution is -0.873. The van der Waals surface area contributed by atoms with Crippen molar-refractivity contribution in [3.05, 3.63) is 59.6 Å². The molecule has 2 saturated heterocycles. The molecule has 76 heavy (non-hydrogen) atoms. The van der Waals surface area contributed by atoms with Crippen LogP contribution in [0.4, 0.5) is 11.4 Å². The SMILES string of the molecule is C#CC#CC#CC#CC#CC#CC#CC#CC#CC#CC#CC#CC#C.NN=NN=NN=NN=[N+]([O-])OO.O=C(Nc1cccc2c1OCCn1nnnc1-2)c1cc(-n2cnc(C3CC3)c2)c(N2C[C@H]3C[C@@H]2CO3)cn1.[HH].[HH].[HH].[HH].[HH].[HH].[HH].[HH].[HH].[HH].[HH]. The number of fused-ring (bicyclic) bond motifs is 5. The molecule has 1 aromatic carbocycles. The Bertz CT molecular complexity index is 3760. The zero-order chi connectivity index (χ0) is 53.4. The molecule has 2 atom stereocenters. The maximum atomic E-state index is 13.5. The Labute approximate surface area is 450 Å². The number of tetrazole rings is 1. The predicted octanol–water partition coefficient (Wildman–Crippen LogP) is 5.75. The molecule has 6 heterocycles. The predicted molar refractivity (Wildman–Crippen MR) is 291 cm³/mol. The molecule has 386 valence electrons. The number of anilines is 2. The van der Waals surface area contributed by atoms with Gasteiger partial charge in [-0.25, -0.2) is 14.6 Å². The van der Waals surface area contributed by atoms with Crippen molar-refractivity contribution in [3.63, 3.8) is 0 Å². The Morgan fingerprint density at radius 3 is 2.00 bits per heavy atom. The average molecular weight is 1030 g/mol. The molecule has 1 amide bonds. The van der Waals surface area contributed by atoms with Gasteiger partial charge < -0.3 is 40.3 Å². The van der Waals surface area contributed by atoms with Gasteiger partial charge in [0.1, 0.15) is 17.5 Å². The minimum atomic E-state index is -0.622. The normalized spacial score (nSPS) is 14.2. The van der Waals surface area contributed by atoms with Crippen molar-refractivity contribution in [2.45, 2.75) is 43.9 Å². The minimum Gasteiger partial charge on any atom is -0.489 e. The van der Waals surface area contributed by atoms with E-state index >= 15 is 0 Å². The van der Waals surface area contributed by atoms with Crippen LogP contribution in [0.15, 0.2) is 79.5 Å². The van der Waals surface area contributed by atoms with Crippen LogP contribution in [0.1, 0.15) is 57.1 Å². The van der Waals surface area contributed by atoms with Gasteiger partial charge in [-0.1, -0.05) is 11.3 Å². The van der Waals surface area contributed by atoms with E-state index in [1.54, 1.807) is 10.9 Å². The summed E-state index contributed by atoms with van der Waals surface area (Å²) in [6.07, 6.45) is 19.2.